The van der Waals surface area contributed by atoms with Crippen molar-refractivity contribution in [2.75, 3.05) is 0 Å². The van der Waals surface area contributed by atoms with Crippen molar-refractivity contribution in [1.29, 1.82) is 0 Å². The summed E-state index contributed by atoms with van der Waals surface area (Å²) in [6.45, 7) is 3.77. The number of aromatic carboxylic acids is 3. The summed E-state index contributed by atoms with van der Waals surface area (Å²) in [5.41, 5.74) is 3.62. The number of carboxylic acids is 3. The topological polar surface area (TPSA) is 256 Å². The molecule has 0 saturated carbocycles. The first kappa shape index (κ1) is 47.9. The molecule has 16 nitrogen and oxygen atoms in total. The molecule has 3 aromatic heterocycles. The molecule has 0 spiro atoms. The number of carbonyl (C=O) groups is 4. The van der Waals surface area contributed by atoms with Gasteiger partial charge in [-0.2, -0.15) is 0 Å². The van der Waals surface area contributed by atoms with Crippen molar-refractivity contribution in [3.05, 3.63) is 137 Å². The second-order valence-corrected chi connectivity index (χ2v) is 14.0. The van der Waals surface area contributed by atoms with E-state index in [0.717, 1.165) is 11.1 Å². The van der Waals surface area contributed by atoms with Crippen molar-refractivity contribution in [1.82, 2.24) is 39.9 Å². The Morgan fingerprint density at radius 3 is 1.33 bits per heavy atom. The van der Waals surface area contributed by atoms with Gasteiger partial charge in [0.1, 0.15) is 29.2 Å². The van der Waals surface area contributed by atoms with Crippen LogP contribution in [-0.4, -0.2) is 63.7 Å². The molecule has 8 aromatic rings. The van der Waals surface area contributed by atoms with Gasteiger partial charge in [0.15, 0.2) is 23.3 Å². The van der Waals surface area contributed by atoms with Crippen LogP contribution < -0.4 is 169 Å². The maximum Gasteiger partial charge on any atom is 1.00 e. The Kier molecular flexibility index (Phi) is 14.6. The van der Waals surface area contributed by atoms with Crippen molar-refractivity contribution >= 4 is 74.1 Å². The summed E-state index contributed by atoms with van der Waals surface area (Å²) in [6, 6.07) is 24.9. The Labute approximate surface area is 488 Å². The largest absolute Gasteiger partial charge is 1.00 e. The third kappa shape index (κ3) is 8.96. The fourth-order valence-corrected chi connectivity index (χ4v) is 7.28. The molecule has 0 radical (unpaired) electrons. The molecule has 0 amide bonds. The molecule has 294 valence electrons. The minimum absolute atomic E-state index is 0. The van der Waals surface area contributed by atoms with Crippen molar-refractivity contribution in [2.24, 2.45) is 0 Å². The van der Waals surface area contributed by atoms with E-state index in [0.29, 0.717) is 43.8 Å². The minimum Gasteiger partial charge on any atom is -0.545 e. The van der Waals surface area contributed by atoms with Crippen LogP contribution in [0.2, 0.25) is 0 Å². The van der Waals surface area contributed by atoms with Crippen LogP contribution in [-0.2, 0) is 11.3 Å². The molecule has 5 heterocycles. The number of ether oxygens (including phenoxy) is 1. The summed E-state index contributed by atoms with van der Waals surface area (Å²) in [7, 11) is 0. The fraction of sp³-hybridized carbons (Fsp3) is 0.0222. The maximum atomic E-state index is 13.5. The number of carboxylic acid groups (broad SMARTS) is 3. The van der Waals surface area contributed by atoms with Crippen LogP contribution in [0.3, 0.4) is 0 Å². The normalized spacial score (nSPS) is 11.0. The molecule has 19 heteroatoms. The van der Waals surface area contributed by atoms with Gasteiger partial charge in [-0.1, -0.05) is 55.1 Å². The zero-order valence-corrected chi connectivity index (χ0v) is 43.5. The number of aromatic nitrogens is 8. The summed E-state index contributed by atoms with van der Waals surface area (Å²) in [4.78, 5) is 84.6. The minimum atomic E-state index is -1.43. The van der Waals surface area contributed by atoms with Gasteiger partial charge in [0, 0.05) is 43.8 Å². The van der Waals surface area contributed by atoms with E-state index >= 15 is 0 Å². The predicted octanol–water partition coefficient (Wildman–Crippen LogP) is -5.03. The number of aromatic amines is 2. The summed E-state index contributed by atoms with van der Waals surface area (Å²) in [5.74, 6) is -4.56. The molecule has 0 aliphatic carbocycles. The summed E-state index contributed by atoms with van der Waals surface area (Å²) in [5, 5.41) is 37.7. The zero-order chi connectivity index (χ0) is 42.1. The molecular formula is C45H23K3N8O8. The molecular weight excluding hydrogens is 898 g/mol. The van der Waals surface area contributed by atoms with Gasteiger partial charge >= 0.3 is 160 Å². The molecule has 0 saturated heterocycles. The maximum absolute atomic E-state index is 13.5. The number of nitrogens with zero attached hydrogens (tertiary/aromatic N) is 6. The van der Waals surface area contributed by atoms with E-state index in [2.05, 4.69) is 16.5 Å². The fourth-order valence-electron chi connectivity index (χ4n) is 7.28. The third-order valence-corrected chi connectivity index (χ3v) is 10.4. The number of hydrogen-bond acceptors (Lipinski definition) is 14. The molecule has 10 rings (SSSR count). The molecule has 2 aliphatic rings. The monoisotopic (exact) mass is 920 g/mol. The summed E-state index contributed by atoms with van der Waals surface area (Å²) >= 11 is 0. The first-order valence-electron chi connectivity index (χ1n) is 18.4. The second-order valence-electron chi connectivity index (χ2n) is 14.0. The molecule has 2 aliphatic heterocycles. The number of nitrogens with one attached hydrogen (secondary N) is 2. The quantitative estimate of drug-likeness (QED) is 0.112. The Morgan fingerprint density at radius 2 is 0.875 bits per heavy atom. The van der Waals surface area contributed by atoms with Crippen LogP contribution in [0.1, 0.15) is 52.6 Å². The Bertz CT molecular complexity index is 3460. The van der Waals surface area contributed by atoms with E-state index in [1.54, 1.807) is 24.3 Å². The average Bonchev–Trinajstić information content (AvgIpc) is 4.00. The second kappa shape index (κ2) is 19.4. The van der Waals surface area contributed by atoms with Gasteiger partial charge in [-0.3, -0.25) is 0 Å². The molecule has 8 bridgehead atoms. The number of hydrogen-bond donors (Lipinski definition) is 2. The Morgan fingerprint density at radius 1 is 0.484 bits per heavy atom. The van der Waals surface area contributed by atoms with Crippen molar-refractivity contribution in [3.63, 3.8) is 0 Å². The molecule has 0 atom stereocenters. The molecule has 0 fully saturated rings. The van der Waals surface area contributed by atoms with E-state index in [4.69, 9.17) is 34.6 Å². The molecule has 2 N–H and O–H groups in total. The number of carbonyl (C=O) groups excluding carboxylic acids is 4. The first-order chi connectivity index (χ1) is 29.5. The average molecular weight is 921 g/mol. The number of rotatable bonds is 7. The molecule has 5 aromatic carbocycles. The Balaban J connectivity index is 0.00000204. The van der Waals surface area contributed by atoms with E-state index in [1.807, 2.05) is 24.3 Å². The van der Waals surface area contributed by atoms with Gasteiger partial charge in [0.05, 0.1) is 23.5 Å². The zero-order valence-electron chi connectivity index (χ0n) is 34.2. The van der Waals surface area contributed by atoms with Crippen LogP contribution >= 0.6 is 0 Å². The summed E-state index contributed by atoms with van der Waals surface area (Å²) in [6.07, 6.45) is 1.71. The van der Waals surface area contributed by atoms with Crippen molar-refractivity contribution < 1.29 is 193 Å². The number of fused-ring (bicyclic) bond motifs is 20. The predicted molar refractivity (Wildman–Crippen MR) is 215 cm³/mol. The Hall–Kier alpha value is -4.01. The van der Waals surface area contributed by atoms with Gasteiger partial charge in [-0.25, -0.2) is 34.7 Å². The number of H-pyrrole nitrogens is 2. The first-order valence-corrected chi connectivity index (χ1v) is 18.4. The van der Waals surface area contributed by atoms with Gasteiger partial charge in [0.2, 0.25) is 0 Å². The van der Waals surface area contributed by atoms with Crippen LogP contribution in [0.25, 0.3) is 95.8 Å². The van der Waals surface area contributed by atoms with E-state index in [-0.39, 0.29) is 229 Å². The van der Waals surface area contributed by atoms with Gasteiger partial charge in [-0.05, 0) is 82.4 Å². The van der Waals surface area contributed by atoms with Crippen LogP contribution in [0.4, 0.5) is 0 Å². The SMILES string of the molecule is C=Cc1ccc(COC(=O)c2ccc3c4nc5nc(nc6[nH]c(nc7nc(nc([nH]4)c3c2)-c2ccc(C(=O)[O-])cc2-7)c2ccc(C(=O)[O-])cc62)-c2ccc(C(=O)[O-])cc2-5)cc1.[K+].[K+].[K+]. The smallest absolute Gasteiger partial charge is 0.545 e. The van der Waals surface area contributed by atoms with E-state index in [9.17, 15) is 34.5 Å². The van der Waals surface area contributed by atoms with Gasteiger partial charge in [0.25, 0.3) is 0 Å². The van der Waals surface area contributed by atoms with Gasteiger partial charge < -0.3 is 44.4 Å². The molecule has 64 heavy (non-hydrogen) atoms. The van der Waals surface area contributed by atoms with E-state index < -0.39 is 23.9 Å². The van der Waals surface area contributed by atoms with E-state index in [1.165, 1.54) is 54.6 Å². The number of esters is 1. The van der Waals surface area contributed by atoms with Crippen molar-refractivity contribution in [3.8, 4) is 45.6 Å². The molecule has 0 unspecified atom stereocenters. The standard InChI is InChI=1S/C45H26N8O8.3K/c1-2-20-3-5-21(6-4-20)19-61-45(60)25-10-14-29-33(18-25)41-52-36-28-13-9-24(44(58)59)17-32(28)39(50-36)48-34-26-11-7-22(42(54)55)15-30(26)38(46-34)47-35-27-12-8-23(43(56)57)16-31(27)40(49-35)51-37(29)53-41;;;/h2-18H,1,19H2,(H,54,55)(H,56,57)(H,58,59)(H2,46,47,48,49,50,51,52,53);;;/q;3*+1/p-3. The van der Waals surface area contributed by atoms with Crippen LogP contribution in [0.5, 0.6) is 0 Å². The third-order valence-electron chi connectivity index (χ3n) is 10.4. The van der Waals surface area contributed by atoms with Crippen LogP contribution in [0.15, 0.2) is 104 Å². The van der Waals surface area contributed by atoms with Crippen molar-refractivity contribution in [2.45, 2.75) is 6.61 Å². The number of benzene rings is 5. The van der Waals surface area contributed by atoms with Gasteiger partial charge in [-0.15, -0.1) is 0 Å². The van der Waals surface area contributed by atoms with Crippen LogP contribution in [0, 0.1) is 0 Å². The summed E-state index contributed by atoms with van der Waals surface area (Å²) < 4.78 is 5.66.